The van der Waals surface area contributed by atoms with E-state index in [0.29, 0.717) is 13.1 Å². The number of amides is 1. The molecule has 4 rings (SSSR count). The molecule has 1 aromatic heterocycles. The molecule has 0 aliphatic carbocycles. The molecule has 0 saturated carbocycles. The number of carbonyl (C=O) groups is 1. The Morgan fingerprint density at radius 1 is 1.31 bits per heavy atom. The zero-order chi connectivity index (χ0) is 21.6. The largest absolute Gasteiger partial charge is 0.482 e. The summed E-state index contributed by atoms with van der Waals surface area (Å²) >= 11 is 0. The van der Waals surface area contributed by atoms with Crippen LogP contribution in [0.2, 0.25) is 0 Å². The maximum Gasteiger partial charge on any atom is 0.265 e. The third-order valence-corrected chi connectivity index (χ3v) is 5.52. The van der Waals surface area contributed by atoms with E-state index in [0.717, 1.165) is 67.8 Å². The second-order valence-corrected chi connectivity index (χ2v) is 7.78. The Hall–Kier alpha value is -2.37. The van der Waals surface area contributed by atoms with Crippen LogP contribution in [0.4, 0.5) is 5.69 Å². The summed E-state index contributed by atoms with van der Waals surface area (Å²) in [6, 6.07) is 7.93. The molecule has 1 unspecified atom stereocenters. The summed E-state index contributed by atoms with van der Waals surface area (Å²) in [5.74, 6) is 3.55. The molecular formula is C22H32IN7O2. The highest BCUT2D eigenvalue weighted by Crippen LogP contribution is 2.31. The van der Waals surface area contributed by atoms with E-state index in [9.17, 15) is 4.79 Å². The second-order valence-electron chi connectivity index (χ2n) is 7.78. The van der Waals surface area contributed by atoms with E-state index in [1.54, 1.807) is 4.90 Å². The van der Waals surface area contributed by atoms with Gasteiger partial charge in [-0.1, -0.05) is 19.1 Å². The van der Waals surface area contributed by atoms with E-state index in [1.807, 2.05) is 28.9 Å². The van der Waals surface area contributed by atoms with Crippen molar-refractivity contribution < 1.29 is 9.53 Å². The third-order valence-electron chi connectivity index (χ3n) is 5.52. The molecule has 2 aliphatic heterocycles. The van der Waals surface area contributed by atoms with Crippen molar-refractivity contribution >= 4 is 41.5 Å². The van der Waals surface area contributed by atoms with Crippen molar-refractivity contribution in [3.05, 3.63) is 35.9 Å². The van der Waals surface area contributed by atoms with Crippen molar-refractivity contribution in [2.75, 3.05) is 31.1 Å². The van der Waals surface area contributed by atoms with Gasteiger partial charge in [-0.15, -0.1) is 24.0 Å². The molecule has 0 radical (unpaired) electrons. The minimum Gasteiger partial charge on any atom is -0.482 e. The van der Waals surface area contributed by atoms with Gasteiger partial charge in [0.05, 0.1) is 12.2 Å². The quantitative estimate of drug-likeness (QED) is 0.236. The topological polar surface area (TPSA) is 96.7 Å². The summed E-state index contributed by atoms with van der Waals surface area (Å²) in [4.78, 5) is 23.4. The summed E-state index contributed by atoms with van der Waals surface area (Å²) in [6.45, 7) is 7.07. The lowest BCUT2D eigenvalue weighted by Crippen LogP contribution is -2.47. The number of hydrogen-bond donors (Lipinski definition) is 2. The van der Waals surface area contributed by atoms with Crippen LogP contribution in [0.1, 0.15) is 38.3 Å². The highest BCUT2D eigenvalue weighted by atomic mass is 127. The van der Waals surface area contributed by atoms with Crippen LogP contribution < -0.4 is 20.3 Å². The normalized spacial score (nSPS) is 17.7. The molecule has 0 bridgehead atoms. The van der Waals surface area contributed by atoms with Crippen LogP contribution in [0, 0.1) is 0 Å². The molecule has 2 N–H and O–H groups in total. The Bertz CT molecular complexity index is 946. The number of aliphatic imine (C=N–C) groups is 1. The van der Waals surface area contributed by atoms with Crippen LogP contribution in [0.3, 0.4) is 0 Å². The number of benzene rings is 1. The van der Waals surface area contributed by atoms with Gasteiger partial charge in [-0.3, -0.25) is 9.79 Å². The van der Waals surface area contributed by atoms with E-state index in [2.05, 4.69) is 34.6 Å². The summed E-state index contributed by atoms with van der Waals surface area (Å²) in [5, 5.41) is 11.4. The summed E-state index contributed by atoms with van der Waals surface area (Å²) in [5.41, 5.74) is 0.838. The highest BCUT2D eigenvalue weighted by Gasteiger charge is 2.25. The number of halogens is 1. The maximum absolute atomic E-state index is 12.3. The van der Waals surface area contributed by atoms with Crippen molar-refractivity contribution in [1.29, 1.82) is 0 Å². The Morgan fingerprint density at radius 3 is 2.97 bits per heavy atom. The van der Waals surface area contributed by atoms with Crippen molar-refractivity contribution in [3.8, 4) is 5.75 Å². The van der Waals surface area contributed by atoms with Gasteiger partial charge in [0.25, 0.3) is 5.91 Å². The molecule has 1 aromatic carbocycles. The van der Waals surface area contributed by atoms with Crippen molar-refractivity contribution in [3.63, 3.8) is 0 Å². The fourth-order valence-electron chi connectivity index (χ4n) is 3.96. The molecule has 9 nitrogen and oxygen atoms in total. The highest BCUT2D eigenvalue weighted by molar-refractivity contribution is 14.0. The Balaban J connectivity index is 0.00000289. The predicted octanol–water partition coefficient (Wildman–Crippen LogP) is 2.14. The van der Waals surface area contributed by atoms with Crippen LogP contribution in [0.15, 0.2) is 29.3 Å². The molecule has 32 heavy (non-hydrogen) atoms. The van der Waals surface area contributed by atoms with Gasteiger partial charge in [0.15, 0.2) is 18.4 Å². The zero-order valence-corrected chi connectivity index (χ0v) is 21.0. The first-order valence-electron chi connectivity index (χ1n) is 11.2. The van der Waals surface area contributed by atoms with Crippen molar-refractivity contribution in [1.82, 2.24) is 25.4 Å². The molecule has 174 valence electrons. The summed E-state index contributed by atoms with van der Waals surface area (Å²) in [7, 11) is 0. The Kier molecular flexibility index (Phi) is 8.71. The predicted molar refractivity (Wildman–Crippen MR) is 135 cm³/mol. The molecule has 1 atom stereocenters. The van der Waals surface area contributed by atoms with Gasteiger partial charge in [0.1, 0.15) is 11.6 Å². The minimum absolute atomic E-state index is 0. The fourth-order valence-corrected chi connectivity index (χ4v) is 3.96. The van der Waals surface area contributed by atoms with E-state index in [4.69, 9.17) is 9.73 Å². The van der Waals surface area contributed by atoms with Gasteiger partial charge in [0.2, 0.25) is 0 Å². The number of rotatable bonds is 7. The van der Waals surface area contributed by atoms with Gasteiger partial charge >= 0.3 is 0 Å². The molecular weight excluding hydrogens is 521 g/mol. The van der Waals surface area contributed by atoms with Gasteiger partial charge in [-0.05, 0) is 31.9 Å². The summed E-state index contributed by atoms with van der Waals surface area (Å²) in [6.07, 6.45) is 3.56. The Labute approximate surface area is 206 Å². The van der Waals surface area contributed by atoms with Gasteiger partial charge in [-0.2, -0.15) is 5.10 Å². The number of fused-ring (bicyclic) bond motifs is 2. The number of guanidine groups is 1. The molecule has 0 fully saturated rings. The lowest BCUT2D eigenvalue weighted by atomic mass is 10.1. The van der Waals surface area contributed by atoms with Crippen LogP contribution in [-0.4, -0.2) is 58.9 Å². The van der Waals surface area contributed by atoms with Crippen LogP contribution in [-0.2, 0) is 24.2 Å². The van der Waals surface area contributed by atoms with E-state index in [1.165, 1.54) is 0 Å². The minimum atomic E-state index is -0.00926. The van der Waals surface area contributed by atoms with E-state index in [-0.39, 0.29) is 42.5 Å². The number of anilines is 1. The van der Waals surface area contributed by atoms with Crippen LogP contribution >= 0.6 is 24.0 Å². The maximum atomic E-state index is 12.3. The van der Waals surface area contributed by atoms with Crippen LogP contribution in [0.5, 0.6) is 5.75 Å². The number of nitrogens with one attached hydrogen (secondary N) is 2. The fraction of sp³-hybridized carbons (Fsp3) is 0.545. The number of hydrogen-bond acceptors (Lipinski definition) is 5. The van der Waals surface area contributed by atoms with E-state index < -0.39 is 0 Å². The first kappa shape index (κ1) is 24.3. The van der Waals surface area contributed by atoms with Crippen molar-refractivity contribution in [2.45, 2.75) is 52.1 Å². The zero-order valence-electron chi connectivity index (χ0n) is 18.7. The molecule has 0 saturated heterocycles. The first-order valence-corrected chi connectivity index (χ1v) is 11.2. The molecule has 3 heterocycles. The number of nitrogens with zero attached hydrogens (tertiary/aromatic N) is 5. The Morgan fingerprint density at radius 2 is 2.16 bits per heavy atom. The number of aromatic nitrogens is 3. The molecule has 1 amide bonds. The van der Waals surface area contributed by atoms with E-state index >= 15 is 0 Å². The second kappa shape index (κ2) is 11.5. The monoisotopic (exact) mass is 553 g/mol. The molecule has 10 heteroatoms. The average Bonchev–Trinajstić information content (AvgIpc) is 3.20. The lowest BCUT2D eigenvalue weighted by Gasteiger charge is -2.29. The molecule has 2 aliphatic rings. The van der Waals surface area contributed by atoms with Crippen molar-refractivity contribution in [2.24, 2.45) is 4.99 Å². The van der Waals surface area contributed by atoms with Crippen LogP contribution in [0.25, 0.3) is 0 Å². The molecule has 0 spiro atoms. The summed E-state index contributed by atoms with van der Waals surface area (Å²) < 4.78 is 7.53. The number of carbonyl (C=O) groups excluding carboxylic acids is 1. The lowest BCUT2D eigenvalue weighted by molar-refractivity contribution is -0.121. The average molecular weight is 553 g/mol. The van der Waals surface area contributed by atoms with Gasteiger partial charge < -0.3 is 20.3 Å². The standard InChI is InChI=1S/C22H31N7O2.HI/c1-3-19-26-20-11-10-16(14-29(20)27-19)25-22(23-4-2)24-12-7-13-28-17-8-5-6-9-18(17)31-15-21(28)30;/h5-6,8-9,16H,3-4,7,10-15H2,1-2H3,(H2,23,24,25);1H. The van der Waals surface area contributed by atoms with Gasteiger partial charge in [-0.25, -0.2) is 9.67 Å². The third kappa shape index (κ3) is 5.70. The SMILES string of the molecule is CCNC(=NCCCN1C(=O)COc2ccccc21)NC1CCc2nc(CC)nn2C1.I. The smallest absolute Gasteiger partial charge is 0.265 e. The first-order chi connectivity index (χ1) is 15.2. The number of aryl methyl sites for hydroxylation is 2. The van der Waals surface area contributed by atoms with Gasteiger partial charge in [0, 0.05) is 38.5 Å². The number of ether oxygens (including phenoxy) is 1. The number of para-hydroxylation sites is 2. The molecule has 2 aromatic rings.